The molecule has 3 heteroatoms. The van der Waals surface area contributed by atoms with Crippen LogP contribution >= 0.6 is 0 Å². The first-order valence-electron chi connectivity index (χ1n) is 8.41. The molecule has 1 aliphatic heterocycles. The number of nitrogens with zero attached hydrogens (tertiary/aromatic N) is 2. The van der Waals surface area contributed by atoms with E-state index < -0.39 is 0 Å². The van der Waals surface area contributed by atoms with Crippen molar-refractivity contribution >= 4 is 17.3 Å². The summed E-state index contributed by atoms with van der Waals surface area (Å²) in [6, 6.07) is 14.3. The zero-order chi connectivity index (χ0) is 16.4. The number of para-hydroxylation sites is 1. The number of carbonyl (C=O) groups excluding carboxylic acids is 1. The number of carbonyl (C=O) groups is 1. The topological polar surface area (TPSA) is 23.6 Å². The second-order valence-electron chi connectivity index (χ2n) is 6.01. The van der Waals surface area contributed by atoms with Crippen molar-refractivity contribution in [2.45, 2.75) is 27.2 Å². The lowest BCUT2D eigenvalue weighted by Gasteiger charge is -2.22. The number of benzene rings is 2. The molecule has 2 aromatic carbocycles. The standard InChI is InChI=1S/C20H24N2O/c1-4-21(5-2)18-11-9-17(10-12-18)20(23)22-14-13-16-8-6-7-15(3)19(16)22/h6-12H,4-5,13-14H2,1-3H3. The first-order chi connectivity index (χ1) is 11.2. The minimum absolute atomic E-state index is 0.101. The lowest BCUT2D eigenvalue weighted by Crippen LogP contribution is -2.29. The molecule has 0 saturated heterocycles. The van der Waals surface area contributed by atoms with Crippen molar-refractivity contribution in [3.8, 4) is 0 Å². The van der Waals surface area contributed by atoms with Crippen LogP contribution in [0.4, 0.5) is 11.4 Å². The number of aryl methyl sites for hydroxylation is 1. The van der Waals surface area contributed by atoms with E-state index in [1.165, 1.54) is 16.8 Å². The molecule has 3 rings (SSSR count). The second-order valence-corrected chi connectivity index (χ2v) is 6.01. The lowest BCUT2D eigenvalue weighted by atomic mass is 10.1. The van der Waals surface area contributed by atoms with E-state index in [0.29, 0.717) is 0 Å². The van der Waals surface area contributed by atoms with Crippen molar-refractivity contribution in [2.75, 3.05) is 29.4 Å². The van der Waals surface area contributed by atoms with Gasteiger partial charge in [-0.05, 0) is 62.6 Å². The summed E-state index contributed by atoms with van der Waals surface area (Å²) in [5.74, 6) is 0.101. The van der Waals surface area contributed by atoms with Gasteiger partial charge in [0.1, 0.15) is 0 Å². The van der Waals surface area contributed by atoms with Gasteiger partial charge in [-0.25, -0.2) is 0 Å². The van der Waals surface area contributed by atoms with Crippen LogP contribution < -0.4 is 9.80 Å². The predicted octanol–water partition coefficient (Wildman–Crippen LogP) is 4.04. The van der Waals surface area contributed by atoms with Gasteiger partial charge in [0.05, 0.1) is 5.69 Å². The molecule has 0 bridgehead atoms. The molecule has 0 N–H and O–H groups in total. The van der Waals surface area contributed by atoms with E-state index in [2.05, 4.69) is 56.0 Å². The van der Waals surface area contributed by atoms with E-state index in [9.17, 15) is 4.79 Å². The molecule has 2 aromatic rings. The average molecular weight is 308 g/mol. The molecular weight excluding hydrogens is 284 g/mol. The quantitative estimate of drug-likeness (QED) is 0.851. The number of hydrogen-bond donors (Lipinski definition) is 0. The highest BCUT2D eigenvalue weighted by Gasteiger charge is 2.26. The maximum Gasteiger partial charge on any atom is 0.258 e. The summed E-state index contributed by atoms with van der Waals surface area (Å²) in [6.07, 6.45) is 0.945. The molecule has 0 spiro atoms. The van der Waals surface area contributed by atoms with Crippen molar-refractivity contribution in [1.29, 1.82) is 0 Å². The summed E-state index contributed by atoms with van der Waals surface area (Å²) in [7, 11) is 0. The van der Waals surface area contributed by atoms with Gasteiger partial charge in [-0.15, -0.1) is 0 Å². The minimum atomic E-state index is 0.101. The molecule has 1 heterocycles. The third kappa shape index (κ3) is 2.83. The van der Waals surface area contributed by atoms with E-state index in [1.807, 2.05) is 17.0 Å². The normalized spacial score (nSPS) is 13.1. The second kappa shape index (κ2) is 6.45. The third-order valence-corrected chi connectivity index (χ3v) is 4.68. The van der Waals surface area contributed by atoms with Crippen molar-refractivity contribution in [2.24, 2.45) is 0 Å². The zero-order valence-corrected chi connectivity index (χ0v) is 14.2. The number of hydrogen-bond acceptors (Lipinski definition) is 2. The molecule has 1 amide bonds. The molecule has 0 radical (unpaired) electrons. The SMILES string of the molecule is CCN(CC)c1ccc(C(=O)N2CCc3cccc(C)c32)cc1. The van der Waals surface area contributed by atoms with Gasteiger partial charge >= 0.3 is 0 Å². The Bertz CT molecular complexity index is 702. The highest BCUT2D eigenvalue weighted by Crippen LogP contribution is 2.32. The van der Waals surface area contributed by atoms with Gasteiger partial charge in [-0.1, -0.05) is 18.2 Å². The van der Waals surface area contributed by atoms with Crippen LogP contribution in [0.5, 0.6) is 0 Å². The Morgan fingerprint density at radius 2 is 1.78 bits per heavy atom. The van der Waals surface area contributed by atoms with Crippen LogP contribution in [-0.2, 0) is 6.42 Å². The summed E-state index contributed by atoms with van der Waals surface area (Å²) in [5.41, 5.74) is 5.48. The molecule has 0 atom stereocenters. The summed E-state index contributed by atoms with van der Waals surface area (Å²) in [4.78, 5) is 17.1. The molecule has 0 aromatic heterocycles. The van der Waals surface area contributed by atoms with Crippen LogP contribution in [0.1, 0.15) is 35.3 Å². The monoisotopic (exact) mass is 308 g/mol. The smallest absolute Gasteiger partial charge is 0.258 e. The van der Waals surface area contributed by atoms with Crippen LogP contribution in [-0.4, -0.2) is 25.5 Å². The Morgan fingerprint density at radius 1 is 1.09 bits per heavy atom. The van der Waals surface area contributed by atoms with Gasteiger partial charge in [0.25, 0.3) is 5.91 Å². The van der Waals surface area contributed by atoms with E-state index in [-0.39, 0.29) is 5.91 Å². The molecule has 120 valence electrons. The van der Waals surface area contributed by atoms with Crippen LogP contribution in [0.25, 0.3) is 0 Å². The molecule has 3 nitrogen and oxygen atoms in total. The highest BCUT2D eigenvalue weighted by atomic mass is 16.2. The van der Waals surface area contributed by atoms with E-state index in [4.69, 9.17) is 0 Å². The van der Waals surface area contributed by atoms with Gasteiger partial charge in [-0.2, -0.15) is 0 Å². The third-order valence-electron chi connectivity index (χ3n) is 4.68. The maximum atomic E-state index is 12.9. The van der Waals surface area contributed by atoms with E-state index in [1.54, 1.807) is 0 Å². The average Bonchev–Trinajstić information content (AvgIpc) is 3.01. The maximum absolute atomic E-state index is 12.9. The fraction of sp³-hybridized carbons (Fsp3) is 0.350. The van der Waals surface area contributed by atoms with Crippen molar-refractivity contribution < 1.29 is 4.79 Å². The van der Waals surface area contributed by atoms with Gasteiger partial charge in [-0.3, -0.25) is 4.79 Å². The Labute approximate surface area is 138 Å². The summed E-state index contributed by atoms with van der Waals surface area (Å²) < 4.78 is 0. The van der Waals surface area contributed by atoms with Gasteiger partial charge in [0, 0.05) is 30.9 Å². The highest BCUT2D eigenvalue weighted by molar-refractivity contribution is 6.07. The molecule has 0 saturated carbocycles. The van der Waals surface area contributed by atoms with E-state index >= 15 is 0 Å². The van der Waals surface area contributed by atoms with Gasteiger partial charge in [0.15, 0.2) is 0 Å². The zero-order valence-electron chi connectivity index (χ0n) is 14.2. The first kappa shape index (κ1) is 15.6. The predicted molar refractivity (Wildman–Crippen MR) is 96.6 cm³/mol. The number of amides is 1. The molecular formula is C20H24N2O. The Balaban J connectivity index is 1.86. The summed E-state index contributed by atoms with van der Waals surface area (Å²) in [6.45, 7) is 9.09. The molecule has 1 aliphatic rings. The number of fused-ring (bicyclic) bond motifs is 1. The Morgan fingerprint density at radius 3 is 2.43 bits per heavy atom. The Kier molecular flexibility index (Phi) is 4.37. The molecule has 23 heavy (non-hydrogen) atoms. The minimum Gasteiger partial charge on any atom is -0.372 e. The molecule has 0 unspecified atom stereocenters. The van der Waals surface area contributed by atoms with E-state index in [0.717, 1.165) is 37.3 Å². The largest absolute Gasteiger partial charge is 0.372 e. The van der Waals surface area contributed by atoms with Gasteiger partial charge < -0.3 is 9.80 Å². The van der Waals surface area contributed by atoms with Crippen LogP contribution in [0, 0.1) is 6.92 Å². The lowest BCUT2D eigenvalue weighted by molar-refractivity contribution is 0.0989. The summed E-state index contributed by atoms with van der Waals surface area (Å²) >= 11 is 0. The first-order valence-corrected chi connectivity index (χ1v) is 8.41. The number of rotatable bonds is 4. The number of anilines is 2. The van der Waals surface area contributed by atoms with Crippen LogP contribution in [0.15, 0.2) is 42.5 Å². The fourth-order valence-corrected chi connectivity index (χ4v) is 3.41. The van der Waals surface area contributed by atoms with Crippen LogP contribution in [0.3, 0.4) is 0 Å². The van der Waals surface area contributed by atoms with Crippen molar-refractivity contribution in [3.63, 3.8) is 0 Å². The molecule has 0 aliphatic carbocycles. The van der Waals surface area contributed by atoms with Crippen LogP contribution in [0.2, 0.25) is 0 Å². The summed E-state index contributed by atoms with van der Waals surface area (Å²) in [5, 5.41) is 0. The van der Waals surface area contributed by atoms with Gasteiger partial charge in [0.2, 0.25) is 0 Å². The molecule has 0 fully saturated rings. The van der Waals surface area contributed by atoms with Crippen molar-refractivity contribution in [1.82, 2.24) is 0 Å². The Hall–Kier alpha value is -2.29. The van der Waals surface area contributed by atoms with Crippen molar-refractivity contribution in [3.05, 3.63) is 59.2 Å². The fourth-order valence-electron chi connectivity index (χ4n) is 3.41.